The molecular formula is C17H26N2O4S. The van der Waals surface area contributed by atoms with E-state index in [0.717, 1.165) is 31.1 Å². The van der Waals surface area contributed by atoms with E-state index < -0.39 is 16.1 Å². The quantitative estimate of drug-likeness (QED) is 0.813. The smallest absolute Gasteiger partial charge is 0.246 e. The maximum atomic E-state index is 12.8. The molecule has 0 bridgehead atoms. The average molecular weight is 354 g/mol. The minimum absolute atomic E-state index is 0.163. The van der Waals surface area contributed by atoms with E-state index in [9.17, 15) is 13.2 Å². The molecule has 0 radical (unpaired) electrons. The van der Waals surface area contributed by atoms with Gasteiger partial charge in [0.25, 0.3) is 0 Å². The lowest BCUT2D eigenvalue weighted by molar-refractivity contribution is -0.132. The number of methoxy groups -OCH3 is 1. The van der Waals surface area contributed by atoms with Gasteiger partial charge in [0.2, 0.25) is 15.9 Å². The molecule has 0 aromatic heterocycles. The normalized spacial score (nSPS) is 16.6. The van der Waals surface area contributed by atoms with Crippen LogP contribution >= 0.6 is 0 Å². The Balaban J connectivity index is 2.42. The largest absolute Gasteiger partial charge is 0.495 e. The number of sulfonamides is 1. The van der Waals surface area contributed by atoms with Crippen LogP contribution in [0.4, 0.5) is 5.69 Å². The predicted octanol–water partition coefficient (Wildman–Crippen LogP) is 2.17. The van der Waals surface area contributed by atoms with E-state index in [1.165, 1.54) is 11.4 Å². The monoisotopic (exact) mass is 354 g/mol. The Bertz CT molecular complexity index is 697. The summed E-state index contributed by atoms with van der Waals surface area (Å²) in [6, 6.07) is 4.49. The lowest BCUT2D eigenvalue weighted by Gasteiger charge is -2.35. The molecule has 24 heavy (non-hydrogen) atoms. The number of rotatable bonds is 5. The molecule has 1 heterocycles. The molecule has 7 heteroatoms. The van der Waals surface area contributed by atoms with E-state index in [4.69, 9.17) is 4.74 Å². The molecule has 0 N–H and O–H groups in total. The van der Waals surface area contributed by atoms with Gasteiger partial charge in [-0.2, -0.15) is 0 Å². The zero-order valence-electron chi connectivity index (χ0n) is 14.8. The molecule has 1 fully saturated rings. The van der Waals surface area contributed by atoms with Crippen LogP contribution < -0.4 is 9.04 Å². The fourth-order valence-electron chi connectivity index (χ4n) is 3.13. The van der Waals surface area contributed by atoms with Crippen LogP contribution in [0.25, 0.3) is 0 Å². The molecule has 1 aliphatic heterocycles. The maximum absolute atomic E-state index is 12.8. The summed E-state index contributed by atoms with van der Waals surface area (Å²) in [6.45, 7) is 4.89. The van der Waals surface area contributed by atoms with Crippen molar-refractivity contribution < 1.29 is 17.9 Å². The lowest BCUT2D eigenvalue weighted by Crippen LogP contribution is -2.50. The zero-order chi connectivity index (χ0) is 17.9. The zero-order valence-corrected chi connectivity index (χ0v) is 15.6. The number of hydrogen-bond donors (Lipinski definition) is 0. The second-order valence-corrected chi connectivity index (χ2v) is 8.16. The highest BCUT2D eigenvalue weighted by Crippen LogP contribution is 2.33. The molecule has 6 nitrogen and oxygen atoms in total. The highest BCUT2D eigenvalue weighted by atomic mass is 32.2. The molecule has 1 unspecified atom stereocenters. The molecule has 134 valence electrons. The van der Waals surface area contributed by atoms with E-state index in [1.54, 1.807) is 24.0 Å². The third-order valence-corrected chi connectivity index (χ3v) is 5.53. The highest BCUT2D eigenvalue weighted by molar-refractivity contribution is 7.92. The molecule has 0 aliphatic carbocycles. The lowest BCUT2D eigenvalue weighted by atomic mass is 10.1. The van der Waals surface area contributed by atoms with Crippen molar-refractivity contribution in [1.82, 2.24) is 4.90 Å². The van der Waals surface area contributed by atoms with Gasteiger partial charge in [-0.1, -0.05) is 6.07 Å². The summed E-state index contributed by atoms with van der Waals surface area (Å²) in [5, 5.41) is 0. The Labute approximate surface area is 144 Å². The van der Waals surface area contributed by atoms with Crippen LogP contribution in [-0.2, 0) is 14.8 Å². The summed E-state index contributed by atoms with van der Waals surface area (Å²) in [5.74, 6) is 0.271. The van der Waals surface area contributed by atoms with Gasteiger partial charge < -0.3 is 9.64 Å². The number of piperidine rings is 1. The summed E-state index contributed by atoms with van der Waals surface area (Å²) >= 11 is 0. The minimum Gasteiger partial charge on any atom is -0.495 e. The fourth-order valence-corrected chi connectivity index (χ4v) is 4.29. The van der Waals surface area contributed by atoms with E-state index in [1.807, 2.05) is 13.0 Å². The average Bonchev–Trinajstić information content (AvgIpc) is 2.54. The molecule has 1 aliphatic rings. The van der Waals surface area contributed by atoms with Crippen LogP contribution in [0.2, 0.25) is 0 Å². The molecule has 2 rings (SSSR count). The Morgan fingerprint density at radius 2 is 1.88 bits per heavy atom. The number of carbonyl (C=O) groups excluding carboxylic acids is 1. The number of amides is 1. The standard InChI is InChI=1S/C17H26N2O4S/c1-13-8-9-16(23-3)15(12-13)19(24(4,21)22)14(2)17(20)18-10-6-5-7-11-18/h8-9,12,14H,5-7,10-11H2,1-4H3. The van der Waals surface area contributed by atoms with E-state index >= 15 is 0 Å². The van der Waals surface area contributed by atoms with Gasteiger partial charge >= 0.3 is 0 Å². The molecule has 1 saturated heterocycles. The SMILES string of the molecule is COc1ccc(C)cc1N(C(C)C(=O)N1CCCCC1)S(C)(=O)=O. The number of nitrogens with zero attached hydrogens (tertiary/aromatic N) is 2. The number of benzene rings is 1. The van der Waals surface area contributed by atoms with Crippen molar-refractivity contribution in [2.75, 3.05) is 30.8 Å². The van der Waals surface area contributed by atoms with E-state index in [2.05, 4.69) is 0 Å². The summed E-state index contributed by atoms with van der Waals surface area (Å²) in [6.07, 6.45) is 4.16. The summed E-state index contributed by atoms with van der Waals surface area (Å²) in [4.78, 5) is 14.6. The molecular weight excluding hydrogens is 328 g/mol. The number of hydrogen-bond acceptors (Lipinski definition) is 4. The Kier molecular flexibility index (Phi) is 5.74. The van der Waals surface area contributed by atoms with Crippen LogP contribution in [0.5, 0.6) is 5.75 Å². The van der Waals surface area contributed by atoms with Crippen molar-refractivity contribution in [3.8, 4) is 5.75 Å². The van der Waals surface area contributed by atoms with Crippen molar-refractivity contribution in [1.29, 1.82) is 0 Å². The molecule has 0 spiro atoms. The van der Waals surface area contributed by atoms with Crippen LogP contribution in [0.1, 0.15) is 31.7 Å². The van der Waals surface area contributed by atoms with E-state index in [-0.39, 0.29) is 5.91 Å². The minimum atomic E-state index is -3.64. The second kappa shape index (κ2) is 7.42. The van der Waals surface area contributed by atoms with Crippen molar-refractivity contribution in [2.24, 2.45) is 0 Å². The van der Waals surface area contributed by atoms with Crippen LogP contribution in [-0.4, -0.2) is 51.7 Å². The van der Waals surface area contributed by atoms with Gasteiger partial charge in [0.1, 0.15) is 11.8 Å². The topological polar surface area (TPSA) is 66.9 Å². The molecule has 1 aromatic rings. The number of carbonyl (C=O) groups is 1. The summed E-state index contributed by atoms with van der Waals surface area (Å²) < 4.78 is 31.4. The Morgan fingerprint density at radius 3 is 2.42 bits per heavy atom. The molecule has 0 saturated carbocycles. The first-order valence-electron chi connectivity index (χ1n) is 8.18. The Hall–Kier alpha value is -1.76. The molecule has 1 aromatic carbocycles. The number of ether oxygens (including phenoxy) is 1. The van der Waals surface area contributed by atoms with Gasteiger partial charge in [-0.25, -0.2) is 8.42 Å². The van der Waals surface area contributed by atoms with Crippen LogP contribution in [0, 0.1) is 6.92 Å². The van der Waals surface area contributed by atoms with Gasteiger partial charge in [-0.15, -0.1) is 0 Å². The van der Waals surface area contributed by atoms with Gasteiger partial charge in [-0.05, 0) is 50.8 Å². The second-order valence-electron chi connectivity index (χ2n) is 6.30. The summed E-state index contributed by atoms with van der Waals surface area (Å²) in [7, 11) is -2.15. The van der Waals surface area contributed by atoms with Crippen LogP contribution in [0.3, 0.4) is 0 Å². The van der Waals surface area contributed by atoms with Gasteiger partial charge in [0.15, 0.2) is 0 Å². The predicted molar refractivity (Wildman–Crippen MR) is 94.9 cm³/mol. The third kappa shape index (κ3) is 4.01. The summed E-state index contributed by atoms with van der Waals surface area (Å²) in [5.41, 5.74) is 1.30. The Morgan fingerprint density at radius 1 is 1.25 bits per heavy atom. The van der Waals surface area contributed by atoms with E-state index in [0.29, 0.717) is 24.5 Å². The molecule has 1 amide bonds. The van der Waals surface area contributed by atoms with Crippen molar-refractivity contribution >= 4 is 21.6 Å². The van der Waals surface area contributed by atoms with Gasteiger partial charge in [0, 0.05) is 13.1 Å². The van der Waals surface area contributed by atoms with Crippen molar-refractivity contribution in [2.45, 2.75) is 39.2 Å². The first-order chi connectivity index (χ1) is 11.3. The van der Waals surface area contributed by atoms with Crippen molar-refractivity contribution in [3.63, 3.8) is 0 Å². The number of likely N-dealkylation sites (tertiary alicyclic amines) is 1. The van der Waals surface area contributed by atoms with Gasteiger partial charge in [0.05, 0.1) is 19.1 Å². The first kappa shape index (κ1) is 18.6. The number of anilines is 1. The van der Waals surface area contributed by atoms with Gasteiger partial charge in [-0.3, -0.25) is 9.10 Å². The first-order valence-corrected chi connectivity index (χ1v) is 10.0. The molecule has 1 atom stereocenters. The highest BCUT2D eigenvalue weighted by Gasteiger charge is 2.34. The third-order valence-electron chi connectivity index (χ3n) is 4.31. The fraction of sp³-hybridized carbons (Fsp3) is 0.588. The number of aryl methyl sites for hydroxylation is 1. The van der Waals surface area contributed by atoms with Crippen LogP contribution in [0.15, 0.2) is 18.2 Å². The maximum Gasteiger partial charge on any atom is 0.246 e. The van der Waals surface area contributed by atoms with Crippen molar-refractivity contribution in [3.05, 3.63) is 23.8 Å².